The van der Waals surface area contributed by atoms with Crippen LogP contribution in [0.5, 0.6) is 5.75 Å². The number of ether oxygens (including phenoxy) is 5. The maximum atomic E-state index is 12.2. The lowest BCUT2D eigenvalue weighted by molar-refractivity contribution is -0.335. The van der Waals surface area contributed by atoms with Crippen molar-refractivity contribution in [1.29, 1.82) is 0 Å². The zero-order chi connectivity index (χ0) is 23.4. The van der Waals surface area contributed by atoms with Crippen molar-refractivity contribution >= 4 is 16.3 Å². The van der Waals surface area contributed by atoms with Crippen LogP contribution in [0.3, 0.4) is 0 Å². The van der Waals surface area contributed by atoms with Crippen LogP contribution in [0.4, 0.5) is 0 Å². The van der Waals surface area contributed by atoms with E-state index >= 15 is 0 Å². The predicted molar refractivity (Wildman–Crippen MR) is 120 cm³/mol. The van der Waals surface area contributed by atoms with Gasteiger partial charge >= 0.3 is 0 Å². The van der Waals surface area contributed by atoms with Crippen molar-refractivity contribution in [3.63, 3.8) is 0 Å². The van der Waals surface area contributed by atoms with E-state index in [4.69, 9.17) is 27.9 Å². The molecule has 0 radical (unpaired) electrons. The Morgan fingerprint density at radius 3 is 2.39 bits per heavy atom. The molecule has 2 fully saturated rings. The number of methoxy groups -OCH3 is 2. The van der Waals surface area contributed by atoms with Gasteiger partial charge in [-0.3, -0.25) is 9.18 Å². The molecule has 6 unspecified atom stereocenters. The van der Waals surface area contributed by atoms with Gasteiger partial charge in [0.25, 0.3) is 10.1 Å². The van der Waals surface area contributed by atoms with Gasteiger partial charge in [0, 0.05) is 18.9 Å². The third kappa shape index (κ3) is 5.78. The van der Waals surface area contributed by atoms with Crippen LogP contribution >= 0.6 is 0 Å². The summed E-state index contributed by atoms with van der Waals surface area (Å²) >= 11 is 0. The van der Waals surface area contributed by atoms with Crippen LogP contribution in [0, 0.1) is 0 Å². The predicted octanol–water partition coefficient (Wildman–Crippen LogP) is 2.31. The monoisotopic (exact) mass is 477 g/mol. The van der Waals surface area contributed by atoms with Crippen molar-refractivity contribution in [2.45, 2.75) is 36.9 Å². The second-order valence-electron chi connectivity index (χ2n) is 7.76. The molecular weight excluding hydrogens is 450 g/mol. The fraction of sp³-hybridized carbons (Fsp3) is 0.435. The number of hydrogen-bond donors (Lipinski definition) is 0. The highest BCUT2D eigenvalue weighted by Crippen LogP contribution is 2.37. The molecule has 0 amide bonds. The Balaban J connectivity index is 1.63. The fourth-order valence-electron chi connectivity index (χ4n) is 3.87. The van der Waals surface area contributed by atoms with Gasteiger partial charge in [-0.2, -0.15) is 8.42 Å². The Kier molecular flexibility index (Phi) is 7.42. The molecule has 0 bridgehead atoms. The molecule has 2 aromatic carbocycles. The maximum Gasteiger partial charge on any atom is 0.264 e. The molecule has 0 aromatic heterocycles. The molecule has 0 saturated carbocycles. The fourth-order valence-corrected chi connectivity index (χ4v) is 4.49. The number of benzene rings is 2. The van der Waals surface area contributed by atoms with E-state index in [9.17, 15) is 8.42 Å². The van der Waals surface area contributed by atoms with Crippen molar-refractivity contribution in [2.24, 2.45) is 4.99 Å². The Morgan fingerprint density at radius 1 is 1.03 bits per heavy atom. The smallest absolute Gasteiger partial charge is 0.264 e. The summed E-state index contributed by atoms with van der Waals surface area (Å²) in [6.45, 7) is 0.183. The summed E-state index contributed by atoms with van der Waals surface area (Å²) in [6.07, 6.45) is -1.24. The molecule has 2 saturated heterocycles. The first kappa shape index (κ1) is 23.8. The van der Waals surface area contributed by atoms with E-state index in [1.165, 1.54) is 7.11 Å². The highest BCUT2D eigenvalue weighted by atomic mass is 32.2. The Morgan fingerprint density at radius 2 is 1.76 bits per heavy atom. The van der Waals surface area contributed by atoms with E-state index in [0.29, 0.717) is 5.75 Å². The van der Waals surface area contributed by atoms with E-state index in [0.717, 1.165) is 17.4 Å². The normalized spacial score (nSPS) is 30.2. The largest absolute Gasteiger partial charge is 0.497 e. The van der Waals surface area contributed by atoms with E-state index < -0.39 is 47.1 Å². The molecule has 6 atom stereocenters. The van der Waals surface area contributed by atoms with Gasteiger partial charge < -0.3 is 23.7 Å². The van der Waals surface area contributed by atoms with Crippen LogP contribution in [0.2, 0.25) is 0 Å². The van der Waals surface area contributed by atoms with Crippen molar-refractivity contribution in [2.75, 3.05) is 27.1 Å². The van der Waals surface area contributed by atoms with E-state index in [1.807, 2.05) is 42.5 Å². The lowest BCUT2D eigenvalue weighted by Gasteiger charge is -2.47. The van der Waals surface area contributed by atoms with E-state index in [2.05, 4.69) is 4.99 Å². The lowest BCUT2D eigenvalue weighted by atomic mass is 9.96. The topological polar surface area (TPSA) is 102 Å². The van der Waals surface area contributed by atoms with Crippen molar-refractivity contribution in [3.05, 3.63) is 65.7 Å². The van der Waals surface area contributed by atoms with Crippen LogP contribution in [-0.4, -0.2) is 72.4 Å². The van der Waals surface area contributed by atoms with Crippen molar-refractivity contribution < 1.29 is 36.3 Å². The molecule has 2 heterocycles. The van der Waals surface area contributed by atoms with Crippen LogP contribution in [-0.2, 0) is 33.2 Å². The average molecular weight is 478 g/mol. The van der Waals surface area contributed by atoms with Gasteiger partial charge in [-0.05, 0) is 29.8 Å². The molecule has 0 N–H and O–H groups in total. The number of rotatable bonds is 7. The summed E-state index contributed by atoms with van der Waals surface area (Å²) in [7, 11) is -0.778. The first-order valence-electron chi connectivity index (χ1n) is 10.4. The van der Waals surface area contributed by atoms with Gasteiger partial charge in [-0.15, -0.1) is 0 Å². The SMILES string of the molecule is COc1ccc(C=NC2C(OC)OC3COC(c4ccccc4)OC3C2OS(C)(=O)=O)cc1. The maximum absolute atomic E-state index is 12.2. The molecule has 10 heteroatoms. The minimum absolute atomic E-state index is 0.183. The van der Waals surface area contributed by atoms with Gasteiger partial charge in [0.2, 0.25) is 0 Å². The van der Waals surface area contributed by atoms with Crippen LogP contribution in [0.1, 0.15) is 17.4 Å². The summed E-state index contributed by atoms with van der Waals surface area (Å²) in [5.41, 5.74) is 1.60. The molecule has 9 nitrogen and oxygen atoms in total. The molecule has 4 rings (SSSR count). The average Bonchev–Trinajstić information content (AvgIpc) is 2.83. The molecule has 33 heavy (non-hydrogen) atoms. The zero-order valence-corrected chi connectivity index (χ0v) is 19.4. The highest BCUT2D eigenvalue weighted by Gasteiger charge is 2.52. The quantitative estimate of drug-likeness (QED) is 0.442. The molecule has 2 aromatic rings. The molecule has 178 valence electrons. The van der Waals surface area contributed by atoms with Crippen LogP contribution in [0.25, 0.3) is 0 Å². The minimum Gasteiger partial charge on any atom is -0.497 e. The van der Waals surface area contributed by atoms with Crippen LogP contribution < -0.4 is 4.74 Å². The molecule has 0 spiro atoms. The van der Waals surface area contributed by atoms with Gasteiger partial charge in [0.15, 0.2) is 12.6 Å². The first-order valence-corrected chi connectivity index (χ1v) is 12.3. The third-order valence-corrected chi connectivity index (χ3v) is 5.98. The Labute approximate surface area is 193 Å². The number of hydrogen-bond acceptors (Lipinski definition) is 9. The highest BCUT2D eigenvalue weighted by molar-refractivity contribution is 7.86. The van der Waals surface area contributed by atoms with Crippen molar-refractivity contribution in [1.82, 2.24) is 0 Å². The number of fused-ring (bicyclic) bond motifs is 1. The van der Waals surface area contributed by atoms with E-state index in [1.54, 1.807) is 25.5 Å². The minimum atomic E-state index is -3.84. The Bertz CT molecular complexity index is 1040. The summed E-state index contributed by atoms with van der Waals surface area (Å²) < 4.78 is 58.5. The van der Waals surface area contributed by atoms with Gasteiger partial charge in [-0.25, -0.2) is 0 Å². The van der Waals surface area contributed by atoms with Gasteiger partial charge in [0.05, 0.1) is 20.0 Å². The summed E-state index contributed by atoms with van der Waals surface area (Å²) in [4.78, 5) is 4.59. The summed E-state index contributed by atoms with van der Waals surface area (Å²) in [5.74, 6) is 0.714. The number of nitrogens with zero attached hydrogens (tertiary/aromatic N) is 1. The summed E-state index contributed by atoms with van der Waals surface area (Å²) in [6, 6.07) is 15.9. The first-order chi connectivity index (χ1) is 15.9. The second-order valence-corrected chi connectivity index (χ2v) is 9.36. The molecule has 0 aliphatic carbocycles. The van der Waals surface area contributed by atoms with E-state index in [-0.39, 0.29) is 6.61 Å². The molecular formula is C23H27NO8S. The molecule has 2 aliphatic heterocycles. The standard InChI is InChI=1S/C23H27NO8S/c1-27-17-11-9-15(10-12-17)13-24-19-21(32-33(3,25)26)20-18(30-23(19)28-2)14-29-22(31-20)16-7-5-4-6-8-16/h4-13,18-23H,14H2,1-3H3. The lowest BCUT2D eigenvalue weighted by Crippen LogP contribution is -2.62. The van der Waals surface area contributed by atoms with Gasteiger partial charge in [-0.1, -0.05) is 30.3 Å². The number of aliphatic imine (C=N–C) groups is 1. The summed E-state index contributed by atoms with van der Waals surface area (Å²) in [5, 5.41) is 0. The second kappa shape index (κ2) is 10.3. The van der Waals surface area contributed by atoms with Gasteiger partial charge in [0.1, 0.15) is 30.1 Å². The van der Waals surface area contributed by atoms with Crippen LogP contribution in [0.15, 0.2) is 59.6 Å². The third-order valence-electron chi connectivity index (χ3n) is 5.41. The molecule has 2 aliphatic rings. The van der Waals surface area contributed by atoms with Crippen molar-refractivity contribution in [3.8, 4) is 5.75 Å². The Hall–Kier alpha value is -2.34. The zero-order valence-electron chi connectivity index (χ0n) is 18.6.